The van der Waals surface area contributed by atoms with Gasteiger partial charge in [0.05, 0.1) is 21.7 Å². The largest absolute Gasteiger partial charge is 0.493 e. The van der Waals surface area contributed by atoms with Crippen molar-refractivity contribution >= 4 is 48.5 Å². The van der Waals surface area contributed by atoms with Gasteiger partial charge in [0.2, 0.25) is 5.91 Å². The van der Waals surface area contributed by atoms with E-state index in [1.54, 1.807) is 7.11 Å². The third kappa shape index (κ3) is 5.44. The van der Waals surface area contributed by atoms with E-state index in [0.29, 0.717) is 18.3 Å². The lowest BCUT2D eigenvalue weighted by Crippen LogP contribution is -2.22. The Kier molecular flexibility index (Phi) is 7.26. The highest BCUT2D eigenvalue weighted by Crippen LogP contribution is 2.29. The van der Waals surface area contributed by atoms with Gasteiger partial charge in [0, 0.05) is 20.1 Å². The predicted octanol–water partition coefficient (Wildman–Crippen LogP) is 4.21. The first-order valence-electron chi connectivity index (χ1n) is 7.61. The van der Waals surface area contributed by atoms with Gasteiger partial charge in [0.25, 0.3) is 0 Å². The number of anilines is 1. The van der Waals surface area contributed by atoms with E-state index in [-0.39, 0.29) is 10.7 Å². The first kappa shape index (κ1) is 18.2. The molecule has 2 aromatic rings. The van der Waals surface area contributed by atoms with E-state index in [1.165, 1.54) is 11.3 Å². The molecule has 1 amide bonds. The zero-order valence-electron chi connectivity index (χ0n) is 13.3. The first-order chi connectivity index (χ1) is 11.1. The molecule has 2 rings (SSSR count). The van der Waals surface area contributed by atoms with Gasteiger partial charge in [-0.05, 0) is 24.6 Å². The quantitative estimate of drug-likeness (QED) is 0.505. The summed E-state index contributed by atoms with van der Waals surface area (Å²) in [6.45, 7) is 3.35. The van der Waals surface area contributed by atoms with E-state index in [2.05, 4.69) is 26.2 Å². The molecule has 5 nitrogen and oxygen atoms in total. The minimum absolute atomic E-state index is 0.0538. The second-order valence-corrected chi connectivity index (χ2v) is 7.22. The number of thiazole rings is 1. The van der Waals surface area contributed by atoms with Gasteiger partial charge < -0.3 is 14.8 Å². The Labute approximate surface area is 148 Å². The van der Waals surface area contributed by atoms with Gasteiger partial charge in [-0.3, -0.25) is 4.79 Å². The monoisotopic (exact) mass is 400 g/mol. The number of carbonyl (C=O) groups excluding carboxylic acids is 1. The minimum atomic E-state index is -0.181. The van der Waals surface area contributed by atoms with Crippen LogP contribution < -0.4 is 10.1 Å². The Morgan fingerprint density at radius 1 is 1.43 bits per heavy atom. The van der Waals surface area contributed by atoms with Crippen LogP contribution in [0.3, 0.4) is 0 Å². The number of amides is 1. The zero-order chi connectivity index (χ0) is 16.7. The number of fused-ring (bicyclic) bond motifs is 1. The summed E-state index contributed by atoms with van der Waals surface area (Å²) in [5, 5.41) is 3.47. The molecule has 7 heteroatoms. The fourth-order valence-electron chi connectivity index (χ4n) is 2.01. The van der Waals surface area contributed by atoms with E-state index in [0.717, 1.165) is 35.2 Å². The van der Waals surface area contributed by atoms with E-state index >= 15 is 0 Å². The number of hydrogen-bond donors (Lipinski definition) is 1. The van der Waals surface area contributed by atoms with Crippen LogP contribution in [0.25, 0.3) is 10.2 Å². The number of nitrogens with one attached hydrogen (secondary N) is 1. The van der Waals surface area contributed by atoms with Crippen molar-refractivity contribution in [1.82, 2.24) is 4.98 Å². The van der Waals surface area contributed by atoms with Crippen LogP contribution in [0.15, 0.2) is 18.2 Å². The summed E-state index contributed by atoms with van der Waals surface area (Å²) in [5.41, 5.74) is 0.858. The van der Waals surface area contributed by atoms with E-state index in [9.17, 15) is 4.79 Å². The lowest BCUT2D eigenvalue weighted by Gasteiger charge is -2.06. The minimum Gasteiger partial charge on any atom is -0.493 e. The highest BCUT2D eigenvalue weighted by molar-refractivity contribution is 9.10. The maximum Gasteiger partial charge on any atom is 0.239 e. The van der Waals surface area contributed by atoms with Gasteiger partial charge in [0.15, 0.2) is 5.13 Å². The fourth-order valence-corrected chi connectivity index (χ4v) is 3.48. The Balaban J connectivity index is 1.99. The van der Waals surface area contributed by atoms with Crippen LogP contribution in [-0.2, 0) is 9.53 Å². The second-order valence-electron chi connectivity index (χ2n) is 5.09. The van der Waals surface area contributed by atoms with Crippen LogP contribution in [0, 0.1) is 0 Å². The lowest BCUT2D eigenvalue weighted by atomic mass is 10.2. The summed E-state index contributed by atoms with van der Waals surface area (Å²) in [6.07, 6.45) is 2.60. The molecule has 126 valence electrons. The molecule has 0 radical (unpaired) electrons. The number of carbonyl (C=O) groups is 1. The summed E-state index contributed by atoms with van der Waals surface area (Å²) < 4.78 is 11.7. The first-order valence-corrected chi connectivity index (χ1v) is 9.34. The number of methoxy groups -OCH3 is 1. The van der Waals surface area contributed by atoms with Crippen molar-refractivity contribution in [2.75, 3.05) is 25.6 Å². The van der Waals surface area contributed by atoms with E-state index in [1.807, 2.05) is 25.1 Å². The van der Waals surface area contributed by atoms with Gasteiger partial charge in [-0.1, -0.05) is 40.6 Å². The van der Waals surface area contributed by atoms with Crippen LogP contribution >= 0.6 is 27.3 Å². The standard InChI is InChI=1S/C16H21BrN2O3S/c1-3-5-12(17)15(20)19-16-18-13-7-6-11(10-14(13)23-16)22-9-4-8-21-2/h6-7,10,12H,3-5,8-9H2,1-2H3,(H,18,19,20)/t12-/m0/s1. The Hall–Kier alpha value is -1.18. The van der Waals surface area contributed by atoms with Crippen LogP contribution in [0.2, 0.25) is 0 Å². The summed E-state index contributed by atoms with van der Waals surface area (Å²) in [5.74, 6) is 0.751. The highest BCUT2D eigenvalue weighted by atomic mass is 79.9. The average Bonchev–Trinajstić information content (AvgIpc) is 2.93. The van der Waals surface area contributed by atoms with Crippen molar-refractivity contribution < 1.29 is 14.3 Å². The molecule has 1 N–H and O–H groups in total. The molecule has 1 aromatic carbocycles. The Bertz CT molecular complexity index is 647. The van der Waals surface area contributed by atoms with Crippen molar-refractivity contribution in [3.05, 3.63) is 18.2 Å². The maximum atomic E-state index is 12.0. The van der Waals surface area contributed by atoms with Gasteiger partial charge in [-0.2, -0.15) is 0 Å². The molecular formula is C16H21BrN2O3S. The molecule has 1 atom stereocenters. The zero-order valence-corrected chi connectivity index (χ0v) is 15.7. The molecule has 0 aliphatic heterocycles. The molecule has 0 saturated carbocycles. The van der Waals surface area contributed by atoms with Gasteiger partial charge >= 0.3 is 0 Å². The smallest absolute Gasteiger partial charge is 0.239 e. The van der Waals surface area contributed by atoms with Gasteiger partial charge in [-0.15, -0.1) is 0 Å². The number of rotatable bonds is 9. The summed E-state index contributed by atoms with van der Waals surface area (Å²) in [4.78, 5) is 16.3. The van der Waals surface area contributed by atoms with Gasteiger partial charge in [0.1, 0.15) is 5.75 Å². The van der Waals surface area contributed by atoms with Crippen molar-refractivity contribution in [2.45, 2.75) is 31.0 Å². The topological polar surface area (TPSA) is 60.5 Å². The Morgan fingerprint density at radius 2 is 2.26 bits per heavy atom. The van der Waals surface area contributed by atoms with Crippen LogP contribution in [0.5, 0.6) is 5.75 Å². The van der Waals surface area contributed by atoms with Gasteiger partial charge in [-0.25, -0.2) is 4.98 Å². The molecule has 1 aromatic heterocycles. The molecule has 0 unspecified atom stereocenters. The normalized spacial score (nSPS) is 12.3. The molecule has 1 heterocycles. The number of halogens is 1. The number of hydrogen-bond acceptors (Lipinski definition) is 5. The molecular weight excluding hydrogens is 380 g/mol. The lowest BCUT2D eigenvalue weighted by molar-refractivity contribution is -0.115. The van der Waals surface area contributed by atoms with E-state index < -0.39 is 0 Å². The number of aromatic nitrogens is 1. The molecule has 0 fully saturated rings. The molecule has 23 heavy (non-hydrogen) atoms. The SMILES string of the molecule is CCC[C@H](Br)C(=O)Nc1nc2ccc(OCCCOC)cc2s1. The summed E-state index contributed by atoms with van der Waals surface area (Å²) in [6, 6.07) is 5.75. The van der Waals surface area contributed by atoms with E-state index in [4.69, 9.17) is 9.47 Å². The molecule has 0 spiro atoms. The third-order valence-electron chi connectivity index (χ3n) is 3.18. The summed E-state index contributed by atoms with van der Waals surface area (Å²) >= 11 is 4.84. The van der Waals surface area contributed by atoms with Crippen molar-refractivity contribution in [2.24, 2.45) is 0 Å². The number of benzene rings is 1. The maximum absolute atomic E-state index is 12.0. The van der Waals surface area contributed by atoms with Crippen LogP contribution in [0.4, 0.5) is 5.13 Å². The number of nitrogens with zero attached hydrogens (tertiary/aromatic N) is 1. The predicted molar refractivity (Wildman–Crippen MR) is 97.9 cm³/mol. The second kappa shape index (κ2) is 9.20. The average molecular weight is 401 g/mol. The van der Waals surface area contributed by atoms with Crippen molar-refractivity contribution in [1.29, 1.82) is 0 Å². The number of alkyl halides is 1. The van der Waals surface area contributed by atoms with Crippen molar-refractivity contribution in [3.63, 3.8) is 0 Å². The summed E-state index contributed by atoms with van der Waals surface area (Å²) in [7, 11) is 1.68. The van der Waals surface area contributed by atoms with Crippen LogP contribution in [0.1, 0.15) is 26.2 Å². The molecule has 0 saturated heterocycles. The fraction of sp³-hybridized carbons (Fsp3) is 0.500. The highest BCUT2D eigenvalue weighted by Gasteiger charge is 2.15. The molecule has 0 aliphatic carbocycles. The molecule has 0 bridgehead atoms. The molecule has 0 aliphatic rings. The number of ether oxygens (including phenoxy) is 2. The van der Waals surface area contributed by atoms with Crippen LogP contribution in [-0.4, -0.2) is 36.0 Å². The third-order valence-corrected chi connectivity index (χ3v) is 4.99. The Morgan fingerprint density at radius 3 is 3.00 bits per heavy atom. The van der Waals surface area contributed by atoms with Crippen molar-refractivity contribution in [3.8, 4) is 5.75 Å².